The van der Waals surface area contributed by atoms with E-state index in [0.29, 0.717) is 17.9 Å². The van der Waals surface area contributed by atoms with E-state index in [-0.39, 0.29) is 6.10 Å². The van der Waals surface area contributed by atoms with Crippen molar-refractivity contribution in [1.82, 2.24) is 0 Å². The van der Waals surface area contributed by atoms with Gasteiger partial charge in [-0.05, 0) is 50.9 Å². The predicted octanol–water partition coefficient (Wildman–Crippen LogP) is 3.44. The van der Waals surface area contributed by atoms with Crippen molar-refractivity contribution in [2.24, 2.45) is 0 Å². The third-order valence-electron chi connectivity index (χ3n) is 1.88. The van der Waals surface area contributed by atoms with Crippen molar-refractivity contribution in [2.45, 2.75) is 13.0 Å². The maximum absolute atomic E-state index is 10.6. The van der Waals surface area contributed by atoms with Gasteiger partial charge in [0, 0.05) is 12.7 Å². The van der Waals surface area contributed by atoms with Gasteiger partial charge in [0.15, 0.2) is 0 Å². The first-order valence-electron chi connectivity index (χ1n) is 4.68. The second-order valence-electron chi connectivity index (χ2n) is 3.32. The van der Waals surface area contributed by atoms with Crippen molar-refractivity contribution in [3.05, 3.63) is 26.6 Å². The van der Waals surface area contributed by atoms with E-state index in [4.69, 9.17) is 9.47 Å². The fourth-order valence-electron chi connectivity index (χ4n) is 1.23. The molecule has 1 unspecified atom stereocenters. The summed E-state index contributed by atoms with van der Waals surface area (Å²) in [4.78, 5) is 10.6. The number of hydrogen-bond donors (Lipinski definition) is 0. The molecule has 1 atom stereocenters. The van der Waals surface area contributed by atoms with Crippen LogP contribution in [0, 0.1) is 0 Å². The summed E-state index contributed by atoms with van der Waals surface area (Å²) in [6.45, 7) is 2.42. The van der Waals surface area contributed by atoms with Gasteiger partial charge in [-0.25, -0.2) is 0 Å². The lowest BCUT2D eigenvalue weighted by atomic mass is 10.2. The van der Waals surface area contributed by atoms with Crippen LogP contribution in [0.4, 0.5) is 0 Å². The van der Waals surface area contributed by atoms with Crippen LogP contribution in [0.15, 0.2) is 21.1 Å². The highest BCUT2D eigenvalue weighted by molar-refractivity contribution is 9.11. The molecule has 0 heterocycles. The summed E-state index contributed by atoms with van der Waals surface area (Å²) < 4.78 is 12.2. The third-order valence-corrected chi connectivity index (χ3v) is 3.06. The highest BCUT2D eigenvalue weighted by Crippen LogP contribution is 2.35. The molecule has 16 heavy (non-hydrogen) atoms. The van der Waals surface area contributed by atoms with Crippen LogP contribution >= 0.6 is 31.9 Å². The van der Waals surface area contributed by atoms with E-state index in [0.717, 1.165) is 15.2 Å². The lowest BCUT2D eigenvalue weighted by Crippen LogP contribution is -2.18. The first kappa shape index (κ1) is 13.7. The van der Waals surface area contributed by atoms with Gasteiger partial charge in [-0.3, -0.25) is 4.79 Å². The van der Waals surface area contributed by atoms with Gasteiger partial charge in [-0.1, -0.05) is 0 Å². The molecule has 0 aliphatic rings. The maximum atomic E-state index is 10.6. The van der Waals surface area contributed by atoms with Crippen molar-refractivity contribution >= 4 is 38.1 Å². The smallest absolute Gasteiger partial charge is 0.150 e. The van der Waals surface area contributed by atoms with Gasteiger partial charge in [0.1, 0.15) is 18.1 Å². The Morgan fingerprint density at radius 2 is 1.94 bits per heavy atom. The summed E-state index contributed by atoms with van der Waals surface area (Å²) in [7, 11) is 1.62. The number of benzene rings is 1. The molecule has 1 rings (SSSR count). The number of rotatable bonds is 5. The lowest BCUT2D eigenvalue weighted by molar-refractivity contribution is 0.0910. The molecule has 0 spiro atoms. The Labute approximate surface area is 111 Å². The molecule has 0 saturated carbocycles. The Balaban J connectivity index is 2.92. The zero-order chi connectivity index (χ0) is 12.1. The summed E-state index contributed by atoms with van der Waals surface area (Å²) in [5, 5.41) is 0. The molecule has 3 nitrogen and oxygen atoms in total. The normalized spacial score (nSPS) is 12.2. The second-order valence-corrected chi connectivity index (χ2v) is 5.02. The van der Waals surface area contributed by atoms with E-state index in [1.54, 1.807) is 19.2 Å². The number of ether oxygens (including phenoxy) is 2. The Hall–Kier alpha value is -0.390. The minimum atomic E-state index is -0.0559. The number of methoxy groups -OCH3 is 1. The average Bonchev–Trinajstić information content (AvgIpc) is 2.23. The fraction of sp³-hybridized carbons (Fsp3) is 0.364. The van der Waals surface area contributed by atoms with Crippen LogP contribution in [-0.4, -0.2) is 26.1 Å². The molecule has 0 aliphatic carbocycles. The van der Waals surface area contributed by atoms with Crippen LogP contribution in [0.5, 0.6) is 5.75 Å². The highest BCUT2D eigenvalue weighted by Gasteiger charge is 2.12. The van der Waals surface area contributed by atoms with Crippen molar-refractivity contribution in [3.63, 3.8) is 0 Å². The van der Waals surface area contributed by atoms with Gasteiger partial charge in [-0.15, -0.1) is 0 Å². The van der Waals surface area contributed by atoms with E-state index >= 15 is 0 Å². The van der Waals surface area contributed by atoms with E-state index in [9.17, 15) is 4.79 Å². The SMILES string of the molecule is COCC(C)Oc1c(Br)cc(C=O)cc1Br. The minimum Gasteiger partial charge on any atom is -0.486 e. The quantitative estimate of drug-likeness (QED) is 0.762. The Morgan fingerprint density at radius 3 is 2.38 bits per heavy atom. The van der Waals surface area contributed by atoms with Crippen LogP contribution in [0.25, 0.3) is 0 Å². The topological polar surface area (TPSA) is 35.5 Å². The molecule has 0 bridgehead atoms. The zero-order valence-corrected chi connectivity index (χ0v) is 12.2. The lowest BCUT2D eigenvalue weighted by Gasteiger charge is -2.16. The average molecular weight is 352 g/mol. The van der Waals surface area contributed by atoms with Gasteiger partial charge in [0.25, 0.3) is 0 Å². The van der Waals surface area contributed by atoms with Crippen molar-refractivity contribution in [1.29, 1.82) is 0 Å². The van der Waals surface area contributed by atoms with E-state index < -0.39 is 0 Å². The molecule has 0 saturated heterocycles. The Bertz CT molecular complexity index is 356. The van der Waals surface area contributed by atoms with Gasteiger partial charge in [-0.2, -0.15) is 0 Å². The molecule has 5 heteroatoms. The summed E-state index contributed by atoms with van der Waals surface area (Å²) in [6.07, 6.45) is 0.734. The molecular formula is C11H12Br2O3. The molecule has 0 aliphatic heterocycles. The predicted molar refractivity (Wildman–Crippen MR) is 69.2 cm³/mol. The zero-order valence-electron chi connectivity index (χ0n) is 9.00. The van der Waals surface area contributed by atoms with Crippen molar-refractivity contribution in [3.8, 4) is 5.75 Å². The largest absolute Gasteiger partial charge is 0.486 e. The van der Waals surface area contributed by atoms with Gasteiger partial charge < -0.3 is 9.47 Å². The van der Waals surface area contributed by atoms with Crippen LogP contribution in [0.1, 0.15) is 17.3 Å². The molecule has 1 aromatic rings. The maximum Gasteiger partial charge on any atom is 0.150 e. The fourth-order valence-corrected chi connectivity index (χ4v) is 2.64. The Morgan fingerprint density at radius 1 is 1.38 bits per heavy atom. The number of hydrogen-bond acceptors (Lipinski definition) is 3. The molecule has 0 aromatic heterocycles. The second kappa shape index (κ2) is 6.37. The number of halogens is 2. The first-order valence-corrected chi connectivity index (χ1v) is 6.27. The van der Waals surface area contributed by atoms with Gasteiger partial charge in [0.2, 0.25) is 0 Å². The monoisotopic (exact) mass is 350 g/mol. The summed E-state index contributed by atoms with van der Waals surface area (Å²) in [5.41, 5.74) is 0.588. The summed E-state index contributed by atoms with van der Waals surface area (Å²) in [5.74, 6) is 0.676. The van der Waals surface area contributed by atoms with E-state index in [2.05, 4.69) is 31.9 Å². The van der Waals surface area contributed by atoms with Gasteiger partial charge in [0.05, 0.1) is 15.6 Å². The van der Waals surface area contributed by atoms with Crippen molar-refractivity contribution in [2.75, 3.05) is 13.7 Å². The summed E-state index contributed by atoms with van der Waals surface area (Å²) >= 11 is 6.73. The number of carbonyl (C=O) groups is 1. The molecule has 1 aromatic carbocycles. The molecular weight excluding hydrogens is 340 g/mol. The van der Waals surface area contributed by atoms with Crippen LogP contribution in [0.3, 0.4) is 0 Å². The summed E-state index contributed by atoms with van der Waals surface area (Å²) in [6, 6.07) is 3.43. The van der Waals surface area contributed by atoms with Crippen molar-refractivity contribution < 1.29 is 14.3 Å². The molecule has 88 valence electrons. The third kappa shape index (κ3) is 3.57. The standard InChI is InChI=1S/C11H12Br2O3/c1-7(6-15-2)16-11-9(12)3-8(5-14)4-10(11)13/h3-5,7H,6H2,1-2H3. The van der Waals surface area contributed by atoms with E-state index in [1.807, 2.05) is 6.92 Å². The van der Waals surface area contributed by atoms with Crippen LogP contribution in [0.2, 0.25) is 0 Å². The molecule has 0 radical (unpaired) electrons. The molecule has 0 amide bonds. The molecule has 0 fully saturated rings. The van der Waals surface area contributed by atoms with Gasteiger partial charge >= 0.3 is 0 Å². The molecule has 0 N–H and O–H groups in total. The number of carbonyl (C=O) groups excluding carboxylic acids is 1. The van der Waals surface area contributed by atoms with Crippen LogP contribution < -0.4 is 4.74 Å². The van der Waals surface area contributed by atoms with Crippen LogP contribution in [-0.2, 0) is 4.74 Å². The first-order chi connectivity index (χ1) is 7.58. The minimum absolute atomic E-state index is 0.0559. The highest BCUT2D eigenvalue weighted by atomic mass is 79.9. The van der Waals surface area contributed by atoms with E-state index in [1.165, 1.54) is 0 Å². The number of aldehydes is 1. The Kier molecular flexibility index (Phi) is 5.44.